The first-order valence-corrected chi connectivity index (χ1v) is 9.37. The summed E-state index contributed by atoms with van der Waals surface area (Å²) in [4.78, 5) is 37.3. The lowest BCUT2D eigenvalue weighted by Gasteiger charge is -2.22. The van der Waals surface area contributed by atoms with E-state index in [2.05, 4.69) is 20.5 Å². The summed E-state index contributed by atoms with van der Waals surface area (Å²) in [5.74, 6) is -0.821. The van der Waals surface area contributed by atoms with Gasteiger partial charge in [-0.1, -0.05) is 0 Å². The van der Waals surface area contributed by atoms with E-state index < -0.39 is 5.97 Å². The highest BCUT2D eigenvalue weighted by atomic mass is 35.5. The first-order valence-electron chi connectivity index (χ1n) is 9.37. The number of nitrogens with zero attached hydrogens (tertiary/aromatic N) is 3. The van der Waals surface area contributed by atoms with Crippen LogP contribution in [0.25, 0.3) is 5.65 Å². The molecule has 0 fully saturated rings. The molecule has 0 radical (unpaired) electrons. The average molecular weight is 432 g/mol. The largest absolute Gasteiger partial charge is 0.465 e. The molecular formula is C20H22ClN5O4. The molecule has 3 aromatic rings. The summed E-state index contributed by atoms with van der Waals surface area (Å²) < 4.78 is 7.95. The molecule has 0 aliphatic carbocycles. The summed E-state index contributed by atoms with van der Waals surface area (Å²) in [6, 6.07) is 6.39. The number of esters is 1. The number of rotatable bonds is 4. The fraction of sp³-hybridized carbons (Fsp3) is 0.300. The van der Waals surface area contributed by atoms with Gasteiger partial charge in [-0.05, 0) is 31.2 Å². The zero-order valence-corrected chi connectivity index (χ0v) is 17.4. The molecule has 1 aliphatic rings. The lowest BCUT2D eigenvalue weighted by Crippen LogP contribution is -2.36. The van der Waals surface area contributed by atoms with Crippen molar-refractivity contribution in [3.8, 4) is 0 Å². The van der Waals surface area contributed by atoms with Gasteiger partial charge < -0.3 is 19.9 Å². The van der Waals surface area contributed by atoms with Gasteiger partial charge >= 0.3 is 5.97 Å². The molecular weight excluding hydrogens is 410 g/mol. The van der Waals surface area contributed by atoms with Gasteiger partial charge in [-0.15, -0.1) is 12.4 Å². The third-order valence-electron chi connectivity index (χ3n) is 5.09. The number of methoxy groups -OCH3 is 1. The molecule has 0 spiro atoms. The zero-order valence-electron chi connectivity index (χ0n) is 16.6. The van der Waals surface area contributed by atoms with Gasteiger partial charge in [-0.2, -0.15) is 9.61 Å². The molecule has 0 unspecified atom stereocenters. The summed E-state index contributed by atoms with van der Waals surface area (Å²) in [5, 5.41) is 10.2. The van der Waals surface area contributed by atoms with Gasteiger partial charge in [0, 0.05) is 37.4 Å². The van der Waals surface area contributed by atoms with Crippen molar-refractivity contribution >= 4 is 35.6 Å². The Morgan fingerprint density at radius 1 is 1.27 bits per heavy atom. The van der Waals surface area contributed by atoms with Crippen molar-refractivity contribution in [2.75, 3.05) is 19.0 Å². The van der Waals surface area contributed by atoms with E-state index in [0.29, 0.717) is 41.1 Å². The van der Waals surface area contributed by atoms with Crippen LogP contribution in [0.15, 0.2) is 35.3 Å². The number of fused-ring (bicyclic) bond motifs is 2. The summed E-state index contributed by atoms with van der Waals surface area (Å²) in [7, 11) is 1.31. The summed E-state index contributed by atoms with van der Waals surface area (Å²) in [6.45, 7) is 3.88. The minimum absolute atomic E-state index is 0. The van der Waals surface area contributed by atoms with E-state index in [9.17, 15) is 14.4 Å². The average Bonchev–Trinajstić information content (AvgIpc) is 3.20. The second kappa shape index (κ2) is 8.68. The molecule has 30 heavy (non-hydrogen) atoms. The number of carbonyl (C=O) groups excluding carboxylic acids is 2. The van der Waals surface area contributed by atoms with E-state index in [1.807, 2.05) is 11.5 Å². The van der Waals surface area contributed by atoms with E-state index >= 15 is 0 Å². The smallest absolute Gasteiger partial charge is 0.337 e. The first kappa shape index (κ1) is 21.5. The number of nitrogens with one attached hydrogen (secondary N) is 2. The molecule has 1 aromatic carbocycles. The number of halogens is 1. The van der Waals surface area contributed by atoms with Gasteiger partial charge in [0.2, 0.25) is 0 Å². The number of hydrogen-bond donors (Lipinski definition) is 2. The third-order valence-corrected chi connectivity index (χ3v) is 5.09. The van der Waals surface area contributed by atoms with Crippen molar-refractivity contribution in [3.63, 3.8) is 0 Å². The molecule has 0 atom stereocenters. The molecule has 9 nitrogen and oxygen atoms in total. The van der Waals surface area contributed by atoms with Crippen molar-refractivity contribution in [2.45, 2.75) is 26.4 Å². The molecule has 0 saturated carbocycles. The van der Waals surface area contributed by atoms with Crippen molar-refractivity contribution in [1.82, 2.24) is 19.5 Å². The van der Waals surface area contributed by atoms with Gasteiger partial charge in [0.1, 0.15) is 5.56 Å². The Morgan fingerprint density at radius 3 is 2.67 bits per heavy atom. The van der Waals surface area contributed by atoms with Crippen LogP contribution < -0.4 is 16.2 Å². The molecule has 2 N–H and O–H groups in total. The second-order valence-corrected chi connectivity index (χ2v) is 6.72. The number of ether oxygens (including phenoxy) is 1. The summed E-state index contributed by atoms with van der Waals surface area (Å²) in [5.41, 5.74) is 3.16. The Kier molecular flexibility index (Phi) is 6.23. The predicted octanol–water partition coefficient (Wildman–Crippen LogP) is 1.62. The van der Waals surface area contributed by atoms with Crippen LogP contribution in [-0.2, 0) is 24.2 Å². The highest BCUT2D eigenvalue weighted by molar-refractivity contribution is 6.08. The molecule has 4 rings (SSSR count). The van der Waals surface area contributed by atoms with Crippen LogP contribution >= 0.6 is 12.4 Å². The molecule has 0 bridgehead atoms. The van der Waals surface area contributed by atoms with Crippen LogP contribution in [0, 0.1) is 0 Å². The quantitative estimate of drug-likeness (QED) is 0.608. The Morgan fingerprint density at radius 2 is 2.00 bits per heavy atom. The van der Waals surface area contributed by atoms with Gasteiger partial charge in [0.05, 0.1) is 24.4 Å². The van der Waals surface area contributed by atoms with Gasteiger partial charge in [0.25, 0.3) is 11.5 Å². The molecule has 0 saturated heterocycles. The minimum atomic E-state index is -0.447. The van der Waals surface area contributed by atoms with Crippen molar-refractivity contribution in [1.29, 1.82) is 0 Å². The minimum Gasteiger partial charge on any atom is -0.465 e. The van der Waals surface area contributed by atoms with Gasteiger partial charge in [-0.3, -0.25) is 9.59 Å². The maximum absolute atomic E-state index is 12.9. The number of aryl methyl sites for hydroxylation is 1. The van der Waals surface area contributed by atoms with Crippen LogP contribution in [0.1, 0.15) is 38.9 Å². The fourth-order valence-electron chi connectivity index (χ4n) is 3.68. The second-order valence-electron chi connectivity index (χ2n) is 6.72. The molecule has 158 valence electrons. The Balaban J connectivity index is 0.00000256. The van der Waals surface area contributed by atoms with E-state index in [0.717, 1.165) is 18.7 Å². The topological polar surface area (TPSA) is 107 Å². The predicted molar refractivity (Wildman–Crippen MR) is 114 cm³/mol. The monoisotopic (exact) mass is 431 g/mol. The molecule has 1 aliphatic heterocycles. The van der Waals surface area contributed by atoms with E-state index in [-0.39, 0.29) is 23.9 Å². The number of benzene rings is 1. The van der Waals surface area contributed by atoms with Crippen molar-refractivity contribution < 1.29 is 14.3 Å². The van der Waals surface area contributed by atoms with E-state index in [1.54, 1.807) is 24.3 Å². The number of hydrogen-bond acceptors (Lipinski definition) is 6. The fourth-order valence-corrected chi connectivity index (χ4v) is 3.68. The molecule has 10 heteroatoms. The maximum atomic E-state index is 12.9. The van der Waals surface area contributed by atoms with Gasteiger partial charge in [0.15, 0.2) is 5.65 Å². The van der Waals surface area contributed by atoms with Crippen molar-refractivity contribution in [3.05, 3.63) is 63.2 Å². The first-order chi connectivity index (χ1) is 14.0. The number of anilines is 1. The number of amides is 1. The maximum Gasteiger partial charge on any atom is 0.337 e. The summed E-state index contributed by atoms with van der Waals surface area (Å²) in [6.07, 6.45) is 2.13. The lowest BCUT2D eigenvalue weighted by atomic mass is 10.1. The van der Waals surface area contributed by atoms with Gasteiger partial charge in [-0.25, -0.2) is 4.79 Å². The molecule has 3 heterocycles. The Bertz CT molecular complexity index is 1170. The highest BCUT2D eigenvalue weighted by Gasteiger charge is 2.24. The Hall–Kier alpha value is -3.17. The molecule has 2 aromatic heterocycles. The van der Waals surface area contributed by atoms with Crippen LogP contribution in [0.4, 0.5) is 5.69 Å². The highest BCUT2D eigenvalue weighted by Crippen LogP contribution is 2.19. The van der Waals surface area contributed by atoms with Crippen LogP contribution in [-0.4, -0.2) is 39.7 Å². The van der Waals surface area contributed by atoms with Crippen LogP contribution in [0.2, 0.25) is 0 Å². The number of carbonyl (C=O) groups is 2. The zero-order chi connectivity index (χ0) is 20.5. The Labute approximate surface area is 178 Å². The third kappa shape index (κ3) is 3.57. The van der Waals surface area contributed by atoms with E-state index in [1.165, 1.54) is 17.8 Å². The van der Waals surface area contributed by atoms with Crippen LogP contribution in [0.3, 0.4) is 0 Å². The standard InChI is InChI=1S/C20H21N5O4.ClH/c1-3-24-16-8-9-21-10-14(16)19(27)25-18(24)15(11-22-25)17(26)23-13-6-4-12(5-7-13)20(28)29-2;/h4-7,11,21H,3,8-10H2,1-2H3,(H,23,26);1H. The normalized spacial score (nSPS) is 12.7. The van der Waals surface area contributed by atoms with Crippen LogP contribution in [0.5, 0.6) is 0 Å². The SMILES string of the molecule is CCn1c2c(c(=O)n3ncc(C(=O)Nc4ccc(C(=O)OC)cc4)c13)CNCC2.Cl. The summed E-state index contributed by atoms with van der Waals surface area (Å²) >= 11 is 0. The molecule has 1 amide bonds. The number of aromatic nitrogens is 3. The van der Waals surface area contributed by atoms with E-state index in [4.69, 9.17) is 0 Å². The van der Waals surface area contributed by atoms with Crippen molar-refractivity contribution in [2.24, 2.45) is 0 Å². The lowest BCUT2D eigenvalue weighted by molar-refractivity contribution is 0.0600.